The monoisotopic (exact) mass is 317 g/mol. The molecule has 2 amide bonds. The Balaban J connectivity index is 1.64. The molecule has 1 aliphatic rings. The molecule has 1 aromatic carbocycles. The fourth-order valence-corrected chi connectivity index (χ4v) is 2.63. The number of aromatic nitrogens is 1. The fourth-order valence-electron chi connectivity index (χ4n) is 2.63. The molecule has 0 unspecified atom stereocenters. The Labute approximate surface area is 135 Å². The SMILES string of the molecule is CC(C)C[C@H](CO)NC(=O)Nc1ccc2nc(C3CC3)oc2c1. The van der Waals surface area contributed by atoms with Gasteiger partial charge in [-0.2, -0.15) is 0 Å². The fraction of sp³-hybridized carbons (Fsp3) is 0.529. The predicted octanol–water partition coefficient (Wildman–Crippen LogP) is 3.23. The van der Waals surface area contributed by atoms with Crippen LogP contribution in [0, 0.1) is 5.92 Å². The lowest BCUT2D eigenvalue weighted by molar-refractivity contribution is 0.214. The molecule has 1 aromatic heterocycles. The van der Waals surface area contributed by atoms with Gasteiger partial charge in [-0.05, 0) is 37.3 Å². The summed E-state index contributed by atoms with van der Waals surface area (Å²) in [6.45, 7) is 4.03. The van der Waals surface area contributed by atoms with E-state index < -0.39 is 0 Å². The molecule has 0 radical (unpaired) electrons. The molecule has 1 saturated carbocycles. The molecule has 6 nitrogen and oxygen atoms in total. The molecule has 1 aliphatic carbocycles. The maximum atomic E-state index is 12.0. The lowest BCUT2D eigenvalue weighted by atomic mass is 10.0. The van der Waals surface area contributed by atoms with Crippen LogP contribution in [0.25, 0.3) is 11.1 Å². The molecule has 2 aromatic rings. The molecule has 3 rings (SSSR count). The topological polar surface area (TPSA) is 87.4 Å². The van der Waals surface area contributed by atoms with Gasteiger partial charge < -0.3 is 20.2 Å². The molecule has 1 atom stereocenters. The standard InChI is InChI=1S/C17H23N3O3/c1-10(2)7-13(9-21)19-17(22)18-12-5-6-14-15(8-12)23-16(20-14)11-3-4-11/h5-6,8,10-11,13,21H,3-4,7,9H2,1-2H3,(H2,18,19,22)/t13-/m1/s1. The van der Waals surface area contributed by atoms with Crippen molar-refractivity contribution in [2.45, 2.75) is 45.1 Å². The average molecular weight is 317 g/mol. The molecular formula is C17H23N3O3. The van der Waals surface area contributed by atoms with Crippen molar-refractivity contribution in [2.24, 2.45) is 5.92 Å². The molecule has 0 saturated heterocycles. The molecule has 6 heteroatoms. The number of fused-ring (bicyclic) bond motifs is 1. The van der Waals surface area contributed by atoms with Crippen LogP contribution in [0.5, 0.6) is 0 Å². The number of hydrogen-bond donors (Lipinski definition) is 3. The van der Waals surface area contributed by atoms with Crippen molar-refractivity contribution in [1.82, 2.24) is 10.3 Å². The number of aliphatic hydroxyl groups is 1. The Morgan fingerprint density at radius 3 is 2.87 bits per heavy atom. The smallest absolute Gasteiger partial charge is 0.319 e. The van der Waals surface area contributed by atoms with Gasteiger partial charge >= 0.3 is 6.03 Å². The average Bonchev–Trinajstić information content (AvgIpc) is 3.26. The van der Waals surface area contributed by atoms with Crippen LogP contribution in [0.3, 0.4) is 0 Å². The molecule has 23 heavy (non-hydrogen) atoms. The molecular weight excluding hydrogens is 294 g/mol. The number of nitrogens with one attached hydrogen (secondary N) is 2. The Bertz CT molecular complexity index is 691. The van der Waals surface area contributed by atoms with E-state index in [4.69, 9.17) is 4.42 Å². The first kappa shape index (κ1) is 15.8. The summed E-state index contributed by atoms with van der Waals surface area (Å²) in [6, 6.07) is 4.86. The van der Waals surface area contributed by atoms with E-state index in [-0.39, 0.29) is 18.7 Å². The van der Waals surface area contributed by atoms with E-state index in [9.17, 15) is 9.90 Å². The van der Waals surface area contributed by atoms with Crippen LogP contribution in [0.4, 0.5) is 10.5 Å². The quantitative estimate of drug-likeness (QED) is 0.763. The van der Waals surface area contributed by atoms with Gasteiger partial charge in [-0.3, -0.25) is 0 Å². The third kappa shape index (κ3) is 4.01. The summed E-state index contributed by atoms with van der Waals surface area (Å²) in [5.41, 5.74) is 2.14. The van der Waals surface area contributed by atoms with Crippen molar-refractivity contribution >= 4 is 22.8 Å². The zero-order valence-corrected chi connectivity index (χ0v) is 13.5. The second-order valence-electron chi connectivity index (χ2n) is 6.62. The van der Waals surface area contributed by atoms with E-state index in [2.05, 4.69) is 29.5 Å². The van der Waals surface area contributed by atoms with Crippen molar-refractivity contribution < 1.29 is 14.3 Å². The molecule has 0 aliphatic heterocycles. The lowest BCUT2D eigenvalue weighted by Gasteiger charge is -2.18. The molecule has 3 N–H and O–H groups in total. The van der Waals surface area contributed by atoms with E-state index in [1.807, 2.05) is 6.07 Å². The van der Waals surface area contributed by atoms with Gasteiger partial charge in [0.05, 0.1) is 12.6 Å². The molecule has 124 valence electrons. The third-order valence-corrected chi connectivity index (χ3v) is 3.90. The first-order chi connectivity index (χ1) is 11.0. The third-order valence-electron chi connectivity index (χ3n) is 3.90. The van der Waals surface area contributed by atoms with Gasteiger partial charge in [0.2, 0.25) is 0 Å². The summed E-state index contributed by atoms with van der Waals surface area (Å²) >= 11 is 0. The summed E-state index contributed by atoms with van der Waals surface area (Å²) in [5.74, 6) is 1.65. The number of aliphatic hydroxyl groups excluding tert-OH is 1. The minimum atomic E-state index is -0.328. The van der Waals surface area contributed by atoms with Crippen molar-refractivity contribution in [3.63, 3.8) is 0 Å². The van der Waals surface area contributed by atoms with Crippen molar-refractivity contribution in [2.75, 3.05) is 11.9 Å². The van der Waals surface area contributed by atoms with Crippen molar-refractivity contribution in [3.05, 3.63) is 24.1 Å². The van der Waals surface area contributed by atoms with Gasteiger partial charge in [0, 0.05) is 17.7 Å². The van der Waals surface area contributed by atoms with Gasteiger partial charge in [0.1, 0.15) is 5.52 Å². The second kappa shape index (κ2) is 6.58. The highest BCUT2D eigenvalue weighted by atomic mass is 16.3. The molecule has 0 spiro atoms. The summed E-state index contributed by atoms with van der Waals surface area (Å²) in [6.07, 6.45) is 3.01. The van der Waals surface area contributed by atoms with Crippen LogP contribution in [-0.4, -0.2) is 28.8 Å². The van der Waals surface area contributed by atoms with Crippen LogP contribution in [0.15, 0.2) is 22.6 Å². The Morgan fingerprint density at radius 2 is 2.22 bits per heavy atom. The van der Waals surface area contributed by atoms with Crippen LogP contribution in [0.2, 0.25) is 0 Å². The lowest BCUT2D eigenvalue weighted by Crippen LogP contribution is -2.40. The minimum absolute atomic E-state index is 0.0719. The Morgan fingerprint density at radius 1 is 1.43 bits per heavy atom. The number of urea groups is 1. The van der Waals surface area contributed by atoms with Gasteiger partial charge in [-0.25, -0.2) is 9.78 Å². The predicted molar refractivity (Wildman–Crippen MR) is 88.5 cm³/mol. The highest BCUT2D eigenvalue weighted by molar-refractivity contribution is 5.91. The second-order valence-corrected chi connectivity index (χ2v) is 6.62. The zero-order valence-electron chi connectivity index (χ0n) is 13.5. The number of anilines is 1. The van der Waals surface area contributed by atoms with Crippen LogP contribution in [-0.2, 0) is 0 Å². The normalized spacial score (nSPS) is 15.8. The van der Waals surface area contributed by atoms with Gasteiger partial charge in [-0.15, -0.1) is 0 Å². The van der Waals surface area contributed by atoms with E-state index >= 15 is 0 Å². The molecule has 1 heterocycles. The largest absolute Gasteiger partial charge is 0.440 e. The van der Waals surface area contributed by atoms with Crippen LogP contribution in [0.1, 0.15) is 44.9 Å². The maximum Gasteiger partial charge on any atom is 0.319 e. The van der Waals surface area contributed by atoms with E-state index in [1.165, 1.54) is 0 Å². The first-order valence-electron chi connectivity index (χ1n) is 8.14. The number of rotatable bonds is 6. The van der Waals surface area contributed by atoms with Crippen LogP contribution < -0.4 is 10.6 Å². The van der Waals surface area contributed by atoms with Crippen LogP contribution >= 0.6 is 0 Å². The number of benzene rings is 1. The number of oxazole rings is 1. The number of carbonyl (C=O) groups is 1. The van der Waals surface area contributed by atoms with Crippen molar-refractivity contribution in [1.29, 1.82) is 0 Å². The molecule has 1 fully saturated rings. The number of nitrogens with zero attached hydrogens (tertiary/aromatic N) is 1. The number of carbonyl (C=O) groups excluding carboxylic acids is 1. The molecule has 0 bridgehead atoms. The van der Waals surface area contributed by atoms with E-state index in [1.54, 1.807) is 12.1 Å². The number of hydrogen-bond acceptors (Lipinski definition) is 4. The highest BCUT2D eigenvalue weighted by Crippen LogP contribution is 2.40. The van der Waals surface area contributed by atoms with Crippen molar-refractivity contribution in [3.8, 4) is 0 Å². The Kier molecular flexibility index (Phi) is 4.52. The zero-order chi connectivity index (χ0) is 16.4. The summed E-state index contributed by atoms with van der Waals surface area (Å²) in [4.78, 5) is 16.5. The summed E-state index contributed by atoms with van der Waals surface area (Å²) in [7, 11) is 0. The van der Waals surface area contributed by atoms with Gasteiger partial charge in [-0.1, -0.05) is 13.8 Å². The van der Waals surface area contributed by atoms with E-state index in [0.717, 1.165) is 30.7 Å². The van der Waals surface area contributed by atoms with E-state index in [0.29, 0.717) is 23.1 Å². The summed E-state index contributed by atoms with van der Waals surface area (Å²) < 4.78 is 5.75. The number of amides is 2. The first-order valence-corrected chi connectivity index (χ1v) is 8.14. The summed E-state index contributed by atoms with van der Waals surface area (Å²) in [5, 5.41) is 14.9. The van der Waals surface area contributed by atoms with Gasteiger partial charge in [0.15, 0.2) is 11.5 Å². The minimum Gasteiger partial charge on any atom is -0.440 e. The highest BCUT2D eigenvalue weighted by Gasteiger charge is 2.28. The Hall–Kier alpha value is -2.08. The maximum absolute atomic E-state index is 12.0. The van der Waals surface area contributed by atoms with Gasteiger partial charge in [0.25, 0.3) is 0 Å².